The third-order valence-electron chi connectivity index (χ3n) is 2.59. The highest BCUT2D eigenvalue weighted by Gasteiger charge is 2.30. The fourth-order valence-corrected chi connectivity index (χ4v) is 1.66. The van der Waals surface area contributed by atoms with Crippen molar-refractivity contribution in [3.05, 3.63) is 12.2 Å². The smallest absolute Gasteiger partial charge is 0.0534 e. The standard InChI is InChI=1S/C11H20N2/c1-9(2)8-12-13-10-6-5-7-11(10,3)4/h12H,1,5-8H2,2-4H3/b13-10-. The molecule has 1 aliphatic carbocycles. The van der Waals surface area contributed by atoms with E-state index < -0.39 is 0 Å². The van der Waals surface area contributed by atoms with Crippen molar-refractivity contribution in [2.24, 2.45) is 10.5 Å². The lowest BCUT2D eigenvalue weighted by molar-refractivity contribution is 0.508. The first-order valence-corrected chi connectivity index (χ1v) is 4.96. The summed E-state index contributed by atoms with van der Waals surface area (Å²) < 4.78 is 0. The monoisotopic (exact) mass is 180 g/mol. The number of nitrogens with one attached hydrogen (secondary N) is 1. The minimum Gasteiger partial charge on any atom is -0.306 e. The number of rotatable bonds is 3. The first-order chi connectivity index (χ1) is 6.02. The van der Waals surface area contributed by atoms with E-state index in [-0.39, 0.29) is 0 Å². The minimum absolute atomic E-state index is 0.308. The Morgan fingerprint density at radius 1 is 1.62 bits per heavy atom. The predicted molar refractivity (Wildman–Crippen MR) is 57.9 cm³/mol. The number of hydrazone groups is 1. The van der Waals surface area contributed by atoms with Gasteiger partial charge in [0.15, 0.2) is 0 Å². The lowest BCUT2D eigenvalue weighted by atomic mass is 9.90. The van der Waals surface area contributed by atoms with Gasteiger partial charge >= 0.3 is 0 Å². The van der Waals surface area contributed by atoms with Gasteiger partial charge in [-0.2, -0.15) is 5.10 Å². The molecular weight excluding hydrogens is 160 g/mol. The van der Waals surface area contributed by atoms with Crippen molar-refractivity contribution in [3.63, 3.8) is 0 Å². The zero-order chi connectivity index (χ0) is 9.90. The van der Waals surface area contributed by atoms with Crippen molar-refractivity contribution in [3.8, 4) is 0 Å². The van der Waals surface area contributed by atoms with Crippen molar-refractivity contribution in [1.29, 1.82) is 0 Å². The van der Waals surface area contributed by atoms with E-state index in [1.165, 1.54) is 18.6 Å². The van der Waals surface area contributed by atoms with Crippen LogP contribution in [0, 0.1) is 5.41 Å². The van der Waals surface area contributed by atoms with E-state index >= 15 is 0 Å². The molecule has 0 atom stereocenters. The molecule has 0 heterocycles. The summed E-state index contributed by atoms with van der Waals surface area (Å²) in [5.41, 5.74) is 5.82. The van der Waals surface area contributed by atoms with Gasteiger partial charge in [0.25, 0.3) is 0 Å². The molecule has 0 saturated heterocycles. The van der Waals surface area contributed by atoms with Gasteiger partial charge < -0.3 is 5.43 Å². The highest BCUT2D eigenvalue weighted by molar-refractivity contribution is 5.91. The first kappa shape index (κ1) is 10.3. The second-order valence-electron chi connectivity index (χ2n) is 4.59. The summed E-state index contributed by atoms with van der Waals surface area (Å²) in [4.78, 5) is 0. The van der Waals surface area contributed by atoms with E-state index in [4.69, 9.17) is 0 Å². The SMILES string of the molecule is C=C(C)CN/N=C1/CCCC1(C)C. The normalized spacial score (nSPS) is 23.5. The Bertz CT molecular complexity index is 226. The molecule has 1 N–H and O–H groups in total. The fraction of sp³-hybridized carbons (Fsp3) is 0.727. The van der Waals surface area contributed by atoms with Crippen LogP contribution in [0.1, 0.15) is 40.0 Å². The lowest BCUT2D eigenvalue weighted by Crippen LogP contribution is -2.21. The first-order valence-electron chi connectivity index (χ1n) is 4.96. The van der Waals surface area contributed by atoms with Gasteiger partial charge in [-0.25, -0.2) is 0 Å². The molecule has 0 bridgehead atoms. The zero-order valence-corrected chi connectivity index (χ0v) is 8.98. The molecule has 0 aromatic rings. The summed E-state index contributed by atoms with van der Waals surface area (Å²) in [6, 6.07) is 0. The highest BCUT2D eigenvalue weighted by atomic mass is 15.3. The molecule has 13 heavy (non-hydrogen) atoms. The van der Waals surface area contributed by atoms with Gasteiger partial charge in [0.2, 0.25) is 0 Å². The zero-order valence-electron chi connectivity index (χ0n) is 8.98. The van der Waals surface area contributed by atoms with Crippen LogP contribution in [-0.2, 0) is 0 Å². The minimum atomic E-state index is 0.308. The third kappa shape index (κ3) is 2.87. The average Bonchev–Trinajstić information content (AvgIpc) is 2.30. The predicted octanol–water partition coefficient (Wildman–Crippen LogP) is 2.72. The summed E-state index contributed by atoms with van der Waals surface area (Å²) in [5, 5.41) is 4.42. The molecule has 0 amide bonds. The highest BCUT2D eigenvalue weighted by Crippen LogP contribution is 2.34. The molecule has 1 saturated carbocycles. The Balaban J connectivity index is 2.46. The van der Waals surface area contributed by atoms with Gasteiger partial charge in [-0.05, 0) is 26.2 Å². The van der Waals surface area contributed by atoms with Crippen LogP contribution in [0.2, 0.25) is 0 Å². The summed E-state index contributed by atoms with van der Waals surface area (Å²) in [7, 11) is 0. The van der Waals surface area contributed by atoms with Crippen molar-refractivity contribution in [2.75, 3.05) is 6.54 Å². The molecule has 74 valence electrons. The molecule has 0 aromatic heterocycles. The van der Waals surface area contributed by atoms with Crippen molar-refractivity contribution in [1.82, 2.24) is 5.43 Å². The van der Waals surface area contributed by atoms with Gasteiger partial charge in [0.05, 0.1) is 6.54 Å². The van der Waals surface area contributed by atoms with E-state index in [0.29, 0.717) is 5.41 Å². The van der Waals surface area contributed by atoms with E-state index in [1.807, 2.05) is 6.92 Å². The Hall–Kier alpha value is -0.790. The summed E-state index contributed by atoms with van der Waals surface area (Å²) >= 11 is 0. The molecule has 1 fully saturated rings. The van der Waals surface area contributed by atoms with Gasteiger partial charge in [0.1, 0.15) is 0 Å². The second kappa shape index (κ2) is 3.95. The van der Waals surface area contributed by atoms with E-state index in [9.17, 15) is 0 Å². The van der Waals surface area contributed by atoms with Crippen LogP contribution in [0.4, 0.5) is 0 Å². The Morgan fingerprint density at radius 2 is 2.31 bits per heavy atom. The largest absolute Gasteiger partial charge is 0.306 e. The summed E-state index contributed by atoms with van der Waals surface area (Å²) in [6.07, 6.45) is 3.69. The molecule has 0 aromatic carbocycles. The van der Waals surface area contributed by atoms with Crippen molar-refractivity contribution in [2.45, 2.75) is 40.0 Å². The van der Waals surface area contributed by atoms with Crippen LogP contribution in [0.15, 0.2) is 17.3 Å². The molecular formula is C11H20N2. The molecule has 2 heteroatoms. The van der Waals surface area contributed by atoms with Crippen LogP contribution in [-0.4, -0.2) is 12.3 Å². The van der Waals surface area contributed by atoms with Crippen molar-refractivity contribution < 1.29 is 0 Å². The molecule has 0 spiro atoms. The molecule has 1 rings (SSSR count). The second-order valence-corrected chi connectivity index (χ2v) is 4.59. The maximum atomic E-state index is 4.42. The fourth-order valence-electron chi connectivity index (χ4n) is 1.66. The number of nitrogens with zero attached hydrogens (tertiary/aromatic N) is 1. The molecule has 0 radical (unpaired) electrons. The number of hydrogen-bond acceptors (Lipinski definition) is 2. The Labute approximate surface area is 81.1 Å². The van der Waals surface area contributed by atoms with E-state index in [0.717, 1.165) is 18.5 Å². The van der Waals surface area contributed by atoms with Crippen LogP contribution in [0.3, 0.4) is 0 Å². The van der Waals surface area contributed by atoms with E-state index in [2.05, 4.69) is 31.0 Å². The van der Waals surface area contributed by atoms with Crippen LogP contribution >= 0.6 is 0 Å². The summed E-state index contributed by atoms with van der Waals surface area (Å²) in [6.45, 7) is 11.2. The quantitative estimate of drug-likeness (QED) is 0.524. The van der Waals surface area contributed by atoms with Crippen LogP contribution in [0.5, 0.6) is 0 Å². The topological polar surface area (TPSA) is 24.4 Å². The van der Waals surface area contributed by atoms with Gasteiger partial charge in [0, 0.05) is 11.1 Å². The van der Waals surface area contributed by atoms with Gasteiger partial charge in [-0.3, -0.25) is 0 Å². The molecule has 0 unspecified atom stereocenters. The van der Waals surface area contributed by atoms with Crippen LogP contribution < -0.4 is 5.43 Å². The lowest BCUT2D eigenvalue weighted by Gasteiger charge is -2.17. The average molecular weight is 180 g/mol. The molecule has 0 aliphatic heterocycles. The van der Waals surface area contributed by atoms with E-state index in [1.54, 1.807) is 0 Å². The molecule has 1 aliphatic rings. The molecule has 2 nitrogen and oxygen atoms in total. The summed E-state index contributed by atoms with van der Waals surface area (Å²) in [5.74, 6) is 0. The maximum Gasteiger partial charge on any atom is 0.0534 e. The third-order valence-corrected chi connectivity index (χ3v) is 2.59. The maximum absolute atomic E-state index is 4.42. The number of hydrogen-bond donors (Lipinski definition) is 1. The van der Waals surface area contributed by atoms with Gasteiger partial charge in [-0.15, -0.1) is 0 Å². The Morgan fingerprint density at radius 3 is 2.77 bits per heavy atom. The van der Waals surface area contributed by atoms with Crippen molar-refractivity contribution >= 4 is 5.71 Å². The Kier molecular flexibility index (Phi) is 3.12. The van der Waals surface area contributed by atoms with Gasteiger partial charge in [-0.1, -0.05) is 26.0 Å². The van der Waals surface area contributed by atoms with Crippen LogP contribution in [0.25, 0.3) is 0 Å².